The first-order valence-corrected chi connectivity index (χ1v) is 12.2. The molecule has 10 nitrogen and oxygen atoms in total. The summed E-state index contributed by atoms with van der Waals surface area (Å²) < 4.78 is 7.60. The zero-order chi connectivity index (χ0) is 24.3. The highest BCUT2D eigenvalue weighted by atomic mass is 35.5. The summed E-state index contributed by atoms with van der Waals surface area (Å²) in [6.45, 7) is 9.63. The Kier molecular flexibility index (Phi) is 5.10. The van der Waals surface area contributed by atoms with Gasteiger partial charge in [-0.05, 0) is 50.6 Å². The molecule has 3 aliphatic heterocycles. The topological polar surface area (TPSA) is 92.5 Å². The molecule has 1 unspecified atom stereocenters. The highest BCUT2D eigenvalue weighted by Gasteiger charge is 2.54. The fourth-order valence-electron chi connectivity index (χ4n) is 5.31. The summed E-state index contributed by atoms with van der Waals surface area (Å²) in [6.07, 6.45) is 2.95. The van der Waals surface area contributed by atoms with Crippen molar-refractivity contribution in [2.24, 2.45) is 5.41 Å². The Morgan fingerprint density at radius 2 is 1.83 bits per heavy atom. The number of halogens is 1. The maximum absolute atomic E-state index is 13.0. The Labute approximate surface area is 208 Å². The molecular formula is C24H27ClN8O2. The monoisotopic (exact) mass is 494 g/mol. The van der Waals surface area contributed by atoms with Gasteiger partial charge in [-0.3, -0.25) is 9.47 Å². The first-order valence-electron chi connectivity index (χ1n) is 11.8. The second-order valence-corrected chi connectivity index (χ2v) is 10.4. The number of carbonyl (C=O) groups excluding carboxylic acids is 1. The van der Waals surface area contributed by atoms with E-state index in [0.29, 0.717) is 17.4 Å². The summed E-state index contributed by atoms with van der Waals surface area (Å²) in [7, 11) is 0. The number of fused-ring (bicyclic) bond motifs is 3. The lowest BCUT2D eigenvalue weighted by Crippen LogP contribution is -2.73. The van der Waals surface area contributed by atoms with Gasteiger partial charge in [0, 0.05) is 49.0 Å². The molecule has 6 rings (SSSR count). The molecule has 0 N–H and O–H groups in total. The van der Waals surface area contributed by atoms with Gasteiger partial charge in [-0.25, -0.2) is 14.8 Å². The second kappa shape index (κ2) is 8.08. The maximum Gasteiger partial charge on any atom is 0.410 e. The van der Waals surface area contributed by atoms with Crippen LogP contribution >= 0.6 is 11.6 Å². The van der Waals surface area contributed by atoms with E-state index in [2.05, 4.69) is 34.5 Å². The van der Waals surface area contributed by atoms with E-state index >= 15 is 0 Å². The number of nitrogens with zero attached hydrogens (tertiary/aromatic N) is 8. The molecule has 1 aromatic carbocycles. The molecule has 0 bridgehead atoms. The predicted molar refractivity (Wildman–Crippen MR) is 131 cm³/mol. The predicted octanol–water partition coefficient (Wildman–Crippen LogP) is 3.46. The molecule has 1 amide bonds. The van der Waals surface area contributed by atoms with Crippen molar-refractivity contribution < 1.29 is 9.53 Å². The lowest BCUT2D eigenvalue weighted by atomic mass is 9.73. The fourth-order valence-corrected chi connectivity index (χ4v) is 5.50. The van der Waals surface area contributed by atoms with E-state index in [4.69, 9.17) is 16.3 Å². The van der Waals surface area contributed by atoms with E-state index in [1.165, 1.54) is 0 Å². The van der Waals surface area contributed by atoms with E-state index in [1.807, 2.05) is 45.0 Å². The Hall–Kier alpha value is -3.40. The minimum absolute atomic E-state index is 0.206. The van der Waals surface area contributed by atoms with Crippen LogP contribution in [-0.4, -0.2) is 68.0 Å². The smallest absolute Gasteiger partial charge is 0.410 e. The Morgan fingerprint density at radius 3 is 2.54 bits per heavy atom. The average Bonchev–Trinajstić information content (AvgIpc) is 3.15. The highest BCUT2D eigenvalue weighted by Crippen LogP contribution is 2.44. The normalized spacial score (nSPS) is 20.1. The maximum atomic E-state index is 13.0. The summed E-state index contributed by atoms with van der Waals surface area (Å²) in [5.74, 6) is 2.27. The van der Waals surface area contributed by atoms with E-state index in [0.717, 1.165) is 49.3 Å². The van der Waals surface area contributed by atoms with Gasteiger partial charge in [0.15, 0.2) is 5.82 Å². The van der Waals surface area contributed by atoms with Crippen LogP contribution in [0.1, 0.15) is 38.2 Å². The summed E-state index contributed by atoms with van der Waals surface area (Å²) >= 11 is 6.35. The molecule has 2 saturated heterocycles. The number of carbonyl (C=O) groups is 1. The van der Waals surface area contributed by atoms with Crippen molar-refractivity contribution in [2.75, 3.05) is 36.0 Å². The largest absolute Gasteiger partial charge is 0.447 e. The lowest BCUT2D eigenvalue weighted by molar-refractivity contribution is 0.0618. The van der Waals surface area contributed by atoms with E-state index in [-0.39, 0.29) is 23.7 Å². The molecule has 11 heteroatoms. The minimum atomic E-state index is -0.378. The van der Waals surface area contributed by atoms with Crippen molar-refractivity contribution in [3.05, 3.63) is 53.1 Å². The third kappa shape index (κ3) is 3.67. The molecular weight excluding hydrogens is 468 g/mol. The van der Waals surface area contributed by atoms with Crippen molar-refractivity contribution in [1.29, 1.82) is 0 Å². The average molecular weight is 495 g/mol. The molecule has 2 fully saturated rings. The second-order valence-electron chi connectivity index (χ2n) is 9.96. The van der Waals surface area contributed by atoms with Crippen molar-refractivity contribution in [1.82, 2.24) is 29.6 Å². The van der Waals surface area contributed by atoms with Crippen molar-refractivity contribution in [2.45, 2.75) is 39.5 Å². The van der Waals surface area contributed by atoms with Gasteiger partial charge in [-0.1, -0.05) is 11.6 Å². The molecule has 35 heavy (non-hydrogen) atoms. The molecule has 5 heterocycles. The fraction of sp³-hybridized carbons (Fsp3) is 0.458. The number of hydrogen-bond acceptors (Lipinski definition) is 8. The van der Waals surface area contributed by atoms with Gasteiger partial charge in [0.25, 0.3) is 0 Å². The molecule has 3 aromatic rings. The van der Waals surface area contributed by atoms with E-state index in [9.17, 15) is 4.79 Å². The number of rotatable bonds is 3. The molecule has 182 valence electrons. The summed E-state index contributed by atoms with van der Waals surface area (Å²) in [5, 5.41) is 9.74. The number of amides is 1. The number of ether oxygens (including phenoxy) is 1. The number of benzene rings is 1. The van der Waals surface area contributed by atoms with Gasteiger partial charge in [0.2, 0.25) is 11.9 Å². The number of aromatic nitrogens is 5. The molecule has 0 saturated carbocycles. The van der Waals surface area contributed by atoms with Gasteiger partial charge in [0.1, 0.15) is 0 Å². The highest BCUT2D eigenvalue weighted by molar-refractivity contribution is 6.30. The SMILES string of the molecule is CC(C)OC(=O)N1Cc2cc(Cl)ccc2-n2c(nnc2N2CC3(CN(c4ncccn4)C3)C2)C1C. The zero-order valence-electron chi connectivity index (χ0n) is 19.9. The summed E-state index contributed by atoms with van der Waals surface area (Å²) in [6, 6.07) is 7.25. The van der Waals surface area contributed by atoms with Gasteiger partial charge in [-0.15, -0.1) is 10.2 Å². The third-order valence-electron chi connectivity index (χ3n) is 6.93. The number of hydrogen-bond donors (Lipinski definition) is 0. The Balaban J connectivity index is 1.28. The van der Waals surface area contributed by atoms with Gasteiger partial charge < -0.3 is 14.5 Å². The van der Waals surface area contributed by atoms with Crippen LogP contribution in [0.25, 0.3) is 5.69 Å². The van der Waals surface area contributed by atoms with E-state index in [1.54, 1.807) is 17.3 Å². The van der Waals surface area contributed by atoms with Crippen LogP contribution in [-0.2, 0) is 11.3 Å². The zero-order valence-corrected chi connectivity index (χ0v) is 20.7. The standard InChI is InChI=1S/C24H27ClN8O2/c1-15(2)35-23(34)32-10-17-9-18(25)5-6-19(17)33-20(16(32)3)28-29-22(33)31-13-24(14-31)11-30(12-24)21-26-7-4-8-27-21/h4-9,15-16H,10-14H2,1-3H3. The van der Waals surface area contributed by atoms with Gasteiger partial charge >= 0.3 is 6.09 Å². The van der Waals surface area contributed by atoms with Crippen LogP contribution in [0, 0.1) is 5.41 Å². The summed E-state index contributed by atoms with van der Waals surface area (Å²) in [5.41, 5.74) is 2.07. The quantitative estimate of drug-likeness (QED) is 0.546. The van der Waals surface area contributed by atoms with Crippen LogP contribution in [0.3, 0.4) is 0 Å². The molecule has 1 atom stereocenters. The first kappa shape index (κ1) is 22.1. The van der Waals surface area contributed by atoms with Crippen LogP contribution in [0.15, 0.2) is 36.7 Å². The molecule has 2 aromatic heterocycles. The third-order valence-corrected chi connectivity index (χ3v) is 7.16. The molecule has 3 aliphatic rings. The number of anilines is 2. The molecule has 0 aliphatic carbocycles. The molecule has 0 radical (unpaired) electrons. The van der Waals surface area contributed by atoms with Crippen LogP contribution < -0.4 is 9.80 Å². The van der Waals surface area contributed by atoms with Crippen molar-refractivity contribution >= 4 is 29.6 Å². The van der Waals surface area contributed by atoms with Crippen LogP contribution in [0.4, 0.5) is 16.7 Å². The van der Waals surface area contributed by atoms with Crippen molar-refractivity contribution in [3.8, 4) is 5.69 Å². The van der Waals surface area contributed by atoms with Crippen molar-refractivity contribution in [3.63, 3.8) is 0 Å². The first-order chi connectivity index (χ1) is 16.8. The van der Waals surface area contributed by atoms with Gasteiger partial charge in [-0.2, -0.15) is 0 Å². The molecule has 1 spiro atoms. The van der Waals surface area contributed by atoms with Gasteiger partial charge in [0.05, 0.1) is 24.4 Å². The van der Waals surface area contributed by atoms with Crippen LogP contribution in [0.2, 0.25) is 5.02 Å². The minimum Gasteiger partial charge on any atom is -0.447 e. The van der Waals surface area contributed by atoms with Crippen LogP contribution in [0.5, 0.6) is 0 Å². The Bertz CT molecular complexity index is 1270. The summed E-state index contributed by atoms with van der Waals surface area (Å²) in [4.78, 5) is 27.8. The van der Waals surface area contributed by atoms with E-state index < -0.39 is 0 Å². The Morgan fingerprint density at radius 1 is 1.11 bits per heavy atom. The lowest BCUT2D eigenvalue weighted by Gasteiger charge is -2.60.